The van der Waals surface area contributed by atoms with Gasteiger partial charge in [0, 0.05) is 25.0 Å². The van der Waals surface area contributed by atoms with Crippen LogP contribution in [0.4, 0.5) is 11.5 Å². The van der Waals surface area contributed by atoms with Crippen molar-refractivity contribution in [2.45, 2.75) is 31.1 Å². The molecule has 0 spiro atoms. The van der Waals surface area contributed by atoms with E-state index in [1.165, 1.54) is 31.2 Å². The Morgan fingerprint density at radius 1 is 1.07 bits per heavy atom. The van der Waals surface area contributed by atoms with Gasteiger partial charge in [-0.2, -0.15) is 0 Å². The molecule has 5 nitrogen and oxygen atoms in total. The lowest BCUT2D eigenvalue weighted by Gasteiger charge is -2.30. The highest BCUT2D eigenvalue weighted by molar-refractivity contribution is 7.80. The summed E-state index contributed by atoms with van der Waals surface area (Å²) in [5.74, 6) is 0.988. The Bertz CT molecular complexity index is 769. The minimum Gasteiger partial charge on any atom is -0.378 e. The van der Waals surface area contributed by atoms with Gasteiger partial charge in [0.15, 0.2) is 5.11 Å². The summed E-state index contributed by atoms with van der Waals surface area (Å²) in [7, 11) is 0. The van der Waals surface area contributed by atoms with Crippen LogP contribution >= 0.6 is 12.2 Å². The zero-order valence-corrected chi connectivity index (χ0v) is 17.0. The number of ether oxygens (including phenoxy) is 1. The van der Waals surface area contributed by atoms with Gasteiger partial charge in [-0.05, 0) is 42.8 Å². The minimum absolute atomic E-state index is 0.186. The summed E-state index contributed by atoms with van der Waals surface area (Å²) < 4.78 is 5.40. The van der Waals surface area contributed by atoms with Crippen molar-refractivity contribution in [1.29, 1.82) is 0 Å². The Morgan fingerprint density at radius 3 is 2.50 bits per heavy atom. The molecule has 2 N–H and O–H groups in total. The maximum Gasteiger partial charge on any atom is 0.170 e. The van der Waals surface area contributed by atoms with E-state index in [9.17, 15) is 0 Å². The number of pyridine rings is 1. The number of anilines is 2. The van der Waals surface area contributed by atoms with Gasteiger partial charge in [0.25, 0.3) is 0 Å². The summed E-state index contributed by atoms with van der Waals surface area (Å²) in [4.78, 5) is 6.82. The smallest absolute Gasteiger partial charge is 0.170 e. The van der Waals surface area contributed by atoms with Crippen molar-refractivity contribution in [1.82, 2.24) is 10.3 Å². The maximum absolute atomic E-state index is 5.55. The van der Waals surface area contributed by atoms with Crippen molar-refractivity contribution in [2.24, 2.45) is 0 Å². The van der Waals surface area contributed by atoms with Crippen LogP contribution in [-0.4, -0.2) is 42.9 Å². The predicted molar refractivity (Wildman–Crippen MR) is 118 cm³/mol. The molecule has 4 rings (SSSR count). The van der Waals surface area contributed by atoms with E-state index in [1.807, 2.05) is 18.3 Å². The fraction of sp³-hybridized carbons (Fsp3) is 0.455. The van der Waals surface area contributed by atoms with E-state index in [1.54, 1.807) is 0 Å². The largest absolute Gasteiger partial charge is 0.378 e. The van der Waals surface area contributed by atoms with Crippen molar-refractivity contribution in [3.8, 4) is 0 Å². The molecule has 0 atom stereocenters. The third-order valence-electron chi connectivity index (χ3n) is 5.87. The van der Waals surface area contributed by atoms with Crippen molar-refractivity contribution < 1.29 is 4.74 Å². The van der Waals surface area contributed by atoms with Crippen LogP contribution in [0.1, 0.15) is 31.2 Å². The van der Waals surface area contributed by atoms with Gasteiger partial charge in [-0.1, -0.05) is 43.2 Å². The van der Waals surface area contributed by atoms with Gasteiger partial charge in [-0.3, -0.25) is 0 Å². The van der Waals surface area contributed by atoms with Gasteiger partial charge in [0.2, 0.25) is 0 Å². The molecule has 2 aliphatic rings. The number of nitrogens with zero attached hydrogens (tertiary/aromatic N) is 2. The van der Waals surface area contributed by atoms with Crippen LogP contribution in [0.15, 0.2) is 48.7 Å². The number of nitrogens with one attached hydrogen (secondary N) is 2. The number of morpholine rings is 1. The summed E-state index contributed by atoms with van der Waals surface area (Å²) in [6.07, 6.45) is 6.83. The van der Waals surface area contributed by atoms with Gasteiger partial charge >= 0.3 is 0 Å². The summed E-state index contributed by atoms with van der Waals surface area (Å²) in [5.41, 5.74) is 2.51. The van der Waals surface area contributed by atoms with E-state index < -0.39 is 0 Å². The lowest BCUT2D eigenvalue weighted by molar-refractivity contribution is 0.122. The van der Waals surface area contributed by atoms with E-state index >= 15 is 0 Å². The average molecular weight is 397 g/mol. The first-order valence-corrected chi connectivity index (χ1v) is 10.6. The third-order valence-corrected chi connectivity index (χ3v) is 6.12. The van der Waals surface area contributed by atoms with Crippen LogP contribution in [0.25, 0.3) is 0 Å². The highest BCUT2D eigenvalue weighted by atomic mass is 32.1. The molecule has 2 heterocycles. The van der Waals surface area contributed by atoms with Gasteiger partial charge in [-0.15, -0.1) is 0 Å². The lowest BCUT2D eigenvalue weighted by atomic mass is 9.79. The highest BCUT2D eigenvalue weighted by Gasteiger charge is 2.35. The second-order valence-electron chi connectivity index (χ2n) is 7.67. The molecule has 1 aromatic carbocycles. The Morgan fingerprint density at radius 2 is 1.82 bits per heavy atom. The molecule has 1 saturated carbocycles. The Labute approximate surface area is 172 Å². The summed E-state index contributed by atoms with van der Waals surface area (Å²) in [5, 5.41) is 7.39. The molecule has 0 bridgehead atoms. The molecule has 1 aliphatic heterocycles. The molecule has 1 saturated heterocycles. The Hall–Kier alpha value is -2.18. The molecule has 28 heavy (non-hydrogen) atoms. The fourth-order valence-corrected chi connectivity index (χ4v) is 4.47. The molecule has 2 fully saturated rings. The molecule has 0 amide bonds. The highest BCUT2D eigenvalue weighted by Crippen LogP contribution is 2.40. The van der Waals surface area contributed by atoms with E-state index in [-0.39, 0.29) is 5.41 Å². The van der Waals surface area contributed by atoms with Gasteiger partial charge < -0.3 is 20.3 Å². The fourth-order valence-electron chi connectivity index (χ4n) is 4.28. The van der Waals surface area contributed by atoms with Crippen LogP contribution in [0.5, 0.6) is 0 Å². The van der Waals surface area contributed by atoms with E-state index in [4.69, 9.17) is 17.0 Å². The van der Waals surface area contributed by atoms with Crippen LogP contribution < -0.4 is 15.5 Å². The number of hydrogen-bond acceptors (Lipinski definition) is 4. The molecular weight excluding hydrogens is 368 g/mol. The van der Waals surface area contributed by atoms with Crippen molar-refractivity contribution >= 4 is 28.8 Å². The molecule has 1 aliphatic carbocycles. The summed E-state index contributed by atoms with van der Waals surface area (Å²) in [6.45, 7) is 4.17. The van der Waals surface area contributed by atoms with Crippen LogP contribution in [-0.2, 0) is 10.2 Å². The number of aromatic nitrogens is 1. The molecule has 2 aromatic rings. The minimum atomic E-state index is 0.186. The zero-order chi connectivity index (χ0) is 19.2. The van der Waals surface area contributed by atoms with Gasteiger partial charge in [0.05, 0.1) is 25.1 Å². The molecule has 0 unspecified atom stereocenters. The Kier molecular flexibility index (Phi) is 6.07. The first kappa shape index (κ1) is 19.2. The Balaban J connectivity index is 1.34. The molecule has 0 radical (unpaired) electrons. The lowest BCUT2D eigenvalue weighted by Crippen LogP contribution is -2.40. The summed E-state index contributed by atoms with van der Waals surface area (Å²) >= 11 is 5.55. The first-order valence-electron chi connectivity index (χ1n) is 10.1. The van der Waals surface area contributed by atoms with Gasteiger partial charge in [0.1, 0.15) is 5.82 Å². The number of thiocarbonyl (C=S) groups is 1. The molecule has 148 valence electrons. The normalized spacial score (nSPS) is 18.6. The van der Waals surface area contributed by atoms with Crippen molar-refractivity contribution in [2.75, 3.05) is 43.1 Å². The predicted octanol–water partition coefficient (Wildman–Crippen LogP) is 3.72. The SMILES string of the molecule is S=C(NCC1(c2ccccc2)CCCC1)Nc1ccc(N2CCOCC2)nc1. The number of rotatable bonds is 5. The average Bonchev–Trinajstić information content (AvgIpc) is 3.24. The van der Waals surface area contributed by atoms with E-state index in [0.717, 1.165) is 44.4 Å². The first-order chi connectivity index (χ1) is 13.8. The van der Waals surface area contributed by atoms with Crippen LogP contribution in [0.2, 0.25) is 0 Å². The van der Waals surface area contributed by atoms with Gasteiger partial charge in [-0.25, -0.2) is 4.98 Å². The molecule has 1 aromatic heterocycles. The molecule has 6 heteroatoms. The van der Waals surface area contributed by atoms with Crippen LogP contribution in [0, 0.1) is 0 Å². The quantitative estimate of drug-likeness (QED) is 0.752. The maximum atomic E-state index is 5.55. The number of hydrogen-bond donors (Lipinski definition) is 2. The van der Waals surface area contributed by atoms with E-state index in [0.29, 0.717) is 5.11 Å². The monoisotopic (exact) mass is 396 g/mol. The van der Waals surface area contributed by atoms with Crippen molar-refractivity contribution in [3.63, 3.8) is 0 Å². The number of benzene rings is 1. The topological polar surface area (TPSA) is 49.4 Å². The second kappa shape index (κ2) is 8.88. The van der Waals surface area contributed by atoms with E-state index in [2.05, 4.69) is 50.8 Å². The standard InChI is InChI=1S/C22H28N4OS/c28-21(24-17-22(10-4-5-11-22)18-6-2-1-3-7-18)25-19-8-9-20(23-16-19)26-12-14-27-15-13-26/h1-3,6-9,16H,4-5,10-15,17H2,(H2,24,25,28). The third kappa shape index (κ3) is 4.45. The van der Waals surface area contributed by atoms with Crippen LogP contribution in [0.3, 0.4) is 0 Å². The van der Waals surface area contributed by atoms with Crippen molar-refractivity contribution in [3.05, 3.63) is 54.2 Å². The zero-order valence-electron chi connectivity index (χ0n) is 16.2. The summed E-state index contributed by atoms with van der Waals surface area (Å²) in [6, 6.07) is 14.9. The molecular formula is C22H28N4OS. The second-order valence-corrected chi connectivity index (χ2v) is 8.07.